The molecule has 2 heterocycles. The van der Waals surface area contributed by atoms with Gasteiger partial charge in [0.05, 0.1) is 6.54 Å². The van der Waals surface area contributed by atoms with E-state index in [1.807, 2.05) is 61.2 Å². The number of likely N-dealkylation sites (tertiary alicyclic amines) is 1. The van der Waals surface area contributed by atoms with Crippen LogP contribution in [0.4, 0.5) is 4.79 Å². The minimum atomic E-state index is -0.737. The van der Waals surface area contributed by atoms with E-state index in [9.17, 15) is 9.59 Å². The van der Waals surface area contributed by atoms with Gasteiger partial charge in [-0.05, 0) is 62.9 Å². The molecule has 2 saturated heterocycles. The van der Waals surface area contributed by atoms with Crippen molar-refractivity contribution < 1.29 is 9.59 Å². The molecule has 2 aromatic carbocycles. The number of benzene rings is 2. The molecule has 0 bridgehead atoms. The SMILES string of the molecule is CC(C)N1C(=O)N(Cc2ccc(Br)cc2)C(=O)C12CCN(CC[C@H](N)c1ccccc1)CC2.Cl. The first-order chi connectivity index (χ1) is 15.8. The predicted molar refractivity (Wildman–Crippen MR) is 141 cm³/mol. The molecule has 4 rings (SSSR count). The molecule has 0 aliphatic carbocycles. The van der Waals surface area contributed by atoms with Crippen molar-refractivity contribution in [3.05, 3.63) is 70.2 Å². The highest BCUT2D eigenvalue weighted by atomic mass is 79.9. The highest BCUT2D eigenvalue weighted by molar-refractivity contribution is 9.10. The molecule has 2 fully saturated rings. The number of imide groups is 1. The maximum absolute atomic E-state index is 13.7. The number of halogens is 2. The summed E-state index contributed by atoms with van der Waals surface area (Å²) < 4.78 is 0.977. The second-order valence-electron chi connectivity index (χ2n) is 9.44. The predicted octanol–water partition coefficient (Wildman–Crippen LogP) is 4.97. The van der Waals surface area contributed by atoms with E-state index in [1.54, 1.807) is 0 Å². The lowest BCUT2D eigenvalue weighted by atomic mass is 9.85. The van der Waals surface area contributed by atoms with Gasteiger partial charge in [0, 0.05) is 29.6 Å². The van der Waals surface area contributed by atoms with Gasteiger partial charge in [-0.2, -0.15) is 0 Å². The topological polar surface area (TPSA) is 69.9 Å². The van der Waals surface area contributed by atoms with E-state index < -0.39 is 5.54 Å². The van der Waals surface area contributed by atoms with Gasteiger partial charge < -0.3 is 15.5 Å². The summed E-state index contributed by atoms with van der Waals surface area (Å²) in [6.45, 7) is 6.78. The Balaban J connectivity index is 0.00000324. The Kier molecular flexibility index (Phi) is 8.79. The van der Waals surface area contributed by atoms with E-state index in [0.717, 1.165) is 41.7 Å². The molecule has 8 heteroatoms. The summed E-state index contributed by atoms with van der Waals surface area (Å²) in [7, 11) is 0. The van der Waals surface area contributed by atoms with Crippen molar-refractivity contribution >= 4 is 40.3 Å². The highest BCUT2D eigenvalue weighted by Crippen LogP contribution is 2.39. The Morgan fingerprint density at radius 2 is 1.62 bits per heavy atom. The number of nitrogens with zero attached hydrogens (tertiary/aromatic N) is 3. The Bertz CT molecular complexity index is 978. The first-order valence-corrected chi connectivity index (χ1v) is 12.5. The van der Waals surface area contributed by atoms with Gasteiger partial charge in [-0.15, -0.1) is 12.4 Å². The summed E-state index contributed by atoms with van der Waals surface area (Å²) in [5.41, 5.74) is 7.75. The molecular formula is C26H34BrClN4O2. The van der Waals surface area contributed by atoms with Crippen LogP contribution in [0.25, 0.3) is 0 Å². The van der Waals surface area contributed by atoms with Gasteiger partial charge in [-0.25, -0.2) is 4.79 Å². The largest absolute Gasteiger partial charge is 0.328 e. The third-order valence-corrected chi connectivity index (χ3v) is 7.51. The number of urea groups is 1. The van der Waals surface area contributed by atoms with Crippen LogP contribution in [0.2, 0.25) is 0 Å². The number of nitrogens with two attached hydrogens (primary N) is 1. The summed E-state index contributed by atoms with van der Waals surface area (Å²) in [5.74, 6) is -0.0512. The molecule has 1 atom stereocenters. The molecular weight excluding hydrogens is 516 g/mol. The van der Waals surface area contributed by atoms with Crippen LogP contribution < -0.4 is 5.73 Å². The molecule has 1 spiro atoms. The summed E-state index contributed by atoms with van der Waals surface area (Å²) in [6, 6.07) is 17.8. The molecule has 34 heavy (non-hydrogen) atoms. The first-order valence-electron chi connectivity index (χ1n) is 11.7. The van der Waals surface area contributed by atoms with Crippen LogP contribution in [-0.2, 0) is 11.3 Å². The zero-order chi connectivity index (χ0) is 23.6. The summed E-state index contributed by atoms with van der Waals surface area (Å²) in [5, 5.41) is 0. The highest BCUT2D eigenvalue weighted by Gasteiger charge is 2.58. The lowest BCUT2D eigenvalue weighted by Crippen LogP contribution is -2.58. The van der Waals surface area contributed by atoms with E-state index in [-0.39, 0.29) is 36.4 Å². The number of piperidine rings is 1. The number of hydrogen-bond donors (Lipinski definition) is 1. The molecule has 0 unspecified atom stereocenters. The first kappa shape index (κ1) is 26.7. The van der Waals surface area contributed by atoms with Crippen molar-refractivity contribution in [3.63, 3.8) is 0 Å². The normalized spacial score (nSPS) is 19.1. The molecule has 2 aliphatic heterocycles. The third kappa shape index (κ3) is 5.33. The average molecular weight is 550 g/mol. The van der Waals surface area contributed by atoms with Crippen molar-refractivity contribution in [3.8, 4) is 0 Å². The van der Waals surface area contributed by atoms with E-state index in [4.69, 9.17) is 5.73 Å². The second-order valence-corrected chi connectivity index (χ2v) is 10.4. The fourth-order valence-electron chi connectivity index (χ4n) is 5.17. The van der Waals surface area contributed by atoms with Crippen LogP contribution in [0.15, 0.2) is 59.1 Å². The summed E-state index contributed by atoms with van der Waals surface area (Å²) >= 11 is 3.44. The summed E-state index contributed by atoms with van der Waals surface area (Å²) in [4.78, 5) is 32.7. The van der Waals surface area contributed by atoms with Gasteiger partial charge in [-0.1, -0.05) is 58.4 Å². The van der Waals surface area contributed by atoms with E-state index in [2.05, 4.69) is 33.0 Å². The van der Waals surface area contributed by atoms with E-state index >= 15 is 0 Å². The van der Waals surface area contributed by atoms with Crippen LogP contribution in [0.3, 0.4) is 0 Å². The minimum absolute atomic E-state index is 0. The van der Waals surface area contributed by atoms with Gasteiger partial charge in [0.15, 0.2) is 0 Å². The van der Waals surface area contributed by atoms with Crippen LogP contribution in [0.1, 0.15) is 50.3 Å². The Morgan fingerprint density at radius 1 is 1.00 bits per heavy atom. The van der Waals surface area contributed by atoms with Crippen LogP contribution in [0, 0.1) is 0 Å². The molecule has 184 valence electrons. The van der Waals surface area contributed by atoms with Crippen LogP contribution >= 0.6 is 28.3 Å². The third-order valence-electron chi connectivity index (χ3n) is 6.98. The monoisotopic (exact) mass is 548 g/mol. The van der Waals surface area contributed by atoms with Gasteiger partial charge in [0.2, 0.25) is 0 Å². The molecule has 0 aromatic heterocycles. The quantitative estimate of drug-likeness (QED) is 0.495. The smallest absolute Gasteiger partial charge is 0.324 e. The van der Waals surface area contributed by atoms with E-state index in [1.165, 1.54) is 4.90 Å². The molecule has 2 aliphatic rings. The van der Waals surface area contributed by atoms with Crippen molar-refractivity contribution in [1.82, 2.24) is 14.7 Å². The van der Waals surface area contributed by atoms with Gasteiger partial charge in [0.1, 0.15) is 5.54 Å². The van der Waals surface area contributed by atoms with Gasteiger partial charge in [-0.3, -0.25) is 9.69 Å². The Hall–Kier alpha value is -1.93. The molecule has 2 aromatic rings. The lowest BCUT2D eigenvalue weighted by Gasteiger charge is -2.44. The van der Waals surface area contributed by atoms with E-state index in [0.29, 0.717) is 19.4 Å². The standard InChI is InChI=1S/C26H33BrN4O2.ClH/c1-19(2)31-25(33)30(18-20-8-10-22(27)11-9-20)24(32)26(31)13-16-29(17-14-26)15-12-23(28)21-6-4-3-5-7-21;/h3-11,19,23H,12-18,28H2,1-2H3;1H/t23-;/m0./s1. The molecule has 6 nitrogen and oxygen atoms in total. The number of carbonyl (C=O) groups excluding carboxylic acids is 2. The fraction of sp³-hybridized carbons (Fsp3) is 0.462. The van der Waals surface area contributed by atoms with Crippen molar-refractivity contribution in [2.24, 2.45) is 5.73 Å². The van der Waals surface area contributed by atoms with Gasteiger partial charge >= 0.3 is 6.03 Å². The van der Waals surface area contributed by atoms with Crippen molar-refractivity contribution in [2.45, 2.75) is 57.3 Å². The molecule has 0 saturated carbocycles. The Morgan fingerprint density at radius 3 is 2.21 bits per heavy atom. The van der Waals surface area contributed by atoms with Crippen molar-refractivity contribution in [2.75, 3.05) is 19.6 Å². The zero-order valence-corrected chi connectivity index (χ0v) is 22.2. The number of hydrogen-bond acceptors (Lipinski definition) is 4. The minimum Gasteiger partial charge on any atom is -0.324 e. The average Bonchev–Trinajstić information content (AvgIpc) is 3.01. The number of amides is 3. The fourth-order valence-corrected chi connectivity index (χ4v) is 5.44. The van der Waals surface area contributed by atoms with Crippen molar-refractivity contribution in [1.29, 1.82) is 0 Å². The maximum Gasteiger partial charge on any atom is 0.328 e. The Labute approximate surface area is 217 Å². The van der Waals surface area contributed by atoms with Crippen LogP contribution in [-0.4, -0.2) is 57.9 Å². The van der Waals surface area contributed by atoms with Gasteiger partial charge in [0.25, 0.3) is 5.91 Å². The molecule has 3 amide bonds. The molecule has 0 radical (unpaired) electrons. The number of carbonyl (C=O) groups is 2. The molecule has 2 N–H and O–H groups in total. The number of rotatable bonds is 7. The lowest BCUT2D eigenvalue weighted by molar-refractivity contribution is -0.136. The zero-order valence-electron chi connectivity index (χ0n) is 19.8. The maximum atomic E-state index is 13.7. The van der Waals surface area contributed by atoms with Crippen LogP contribution in [0.5, 0.6) is 0 Å². The summed E-state index contributed by atoms with van der Waals surface area (Å²) in [6.07, 6.45) is 2.19. The second kappa shape index (κ2) is 11.2.